The molecule has 3 N–H and O–H groups in total. The Balaban J connectivity index is 1.34. The molecule has 0 bridgehead atoms. The molecule has 0 saturated carbocycles. The first-order chi connectivity index (χ1) is 17.0. The minimum atomic E-state index is -0.942. The van der Waals surface area contributed by atoms with E-state index >= 15 is 0 Å². The maximum atomic E-state index is 13.1. The van der Waals surface area contributed by atoms with Gasteiger partial charge in [-0.25, -0.2) is 0 Å². The lowest BCUT2D eigenvalue weighted by Crippen LogP contribution is -2.41. The third kappa shape index (κ3) is 4.89. The smallest absolute Gasteiger partial charge is 0.258 e. The maximum Gasteiger partial charge on any atom is 0.258 e. The van der Waals surface area contributed by atoms with Gasteiger partial charge in [-0.1, -0.05) is 18.2 Å². The summed E-state index contributed by atoms with van der Waals surface area (Å²) in [5, 5.41) is 5.49. The number of nitrogens with one attached hydrogen (secondary N) is 3. The van der Waals surface area contributed by atoms with Crippen LogP contribution in [0.3, 0.4) is 0 Å². The number of carbonyl (C=O) groups is 2. The molecule has 3 heterocycles. The molecule has 0 spiro atoms. The van der Waals surface area contributed by atoms with Crippen molar-refractivity contribution in [1.29, 1.82) is 0 Å². The second-order valence-corrected chi connectivity index (χ2v) is 8.92. The minimum Gasteiger partial charge on any atom is -0.457 e. The highest BCUT2D eigenvalue weighted by Crippen LogP contribution is 2.32. The van der Waals surface area contributed by atoms with Gasteiger partial charge < -0.3 is 20.3 Å². The Labute approximate surface area is 202 Å². The highest BCUT2D eigenvalue weighted by atomic mass is 16.5. The Morgan fingerprint density at radius 3 is 2.54 bits per heavy atom. The van der Waals surface area contributed by atoms with Crippen molar-refractivity contribution in [3.05, 3.63) is 70.5 Å². The van der Waals surface area contributed by atoms with Crippen LogP contribution in [0.5, 0.6) is 11.5 Å². The van der Waals surface area contributed by atoms with Crippen molar-refractivity contribution in [2.24, 2.45) is 0 Å². The zero-order valence-electron chi connectivity index (χ0n) is 19.4. The summed E-state index contributed by atoms with van der Waals surface area (Å²) in [6.07, 6.45) is 3.02. The molecule has 2 aliphatic rings. The fourth-order valence-corrected chi connectivity index (χ4v) is 4.59. The van der Waals surface area contributed by atoms with Crippen LogP contribution in [-0.2, 0) is 9.59 Å². The largest absolute Gasteiger partial charge is 0.457 e. The number of hydrogen-bond acceptors (Lipinski definition) is 6. The molecule has 1 aromatic heterocycles. The number of H-pyrrole nitrogens is 1. The van der Waals surface area contributed by atoms with Gasteiger partial charge in [0.25, 0.3) is 5.56 Å². The fourth-order valence-electron chi connectivity index (χ4n) is 4.59. The molecule has 3 aromatic rings. The van der Waals surface area contributed by atoms with Crippen LogP contribution in [0.25, 0.3) is 0 Å². The molecule has 2 aliphatic heterocycles. The van der Waals surface area contributed by atoms with Gasteiger partial charge in [-0.2, -0.15) is 4.98 Å². The topological polar surface area (TPSA) is 116 Å². The molecule has 5 rings (SSSR count). The van der Waals surface area contributed by atoms with E-state index in [0.717, 1.165) is 25.8 Å². The Bertz CT molecular complexity index is 1290. The molecule has 35 heavy (non-hydrogen) atoms. The standard InChI is InChI=1S/C26H27N5O4/c1-16-7-5-6-14-31(16)26-29-23-22(25(34)30-26)20(15-21(32)28-23)24(33)27-17-10-12-19(13-11-17)35-18-8-3-2-4-9-18/h2-4,8-13,16,20H,5-7,14-15H2,1H3,(H,27,33)(H2,28,29,30,32,34). The third-order valence-electron chi connectivity index (χ3n) is 6.43. The van der Waals surface area contributed by atoms with Gasteiger partial charge in [0.1, 0.15) is 17.3 Å². The van der Waals surface area contributed by atoms with Gasteiger partial charge in [0, 0.05) is 24.7 Å². The molecular weight excluding hydrogens is 446 g/mol. The molecule has 0 aliphatic carbocycles. The van der Waals surface area contributed by atoms with Crippen LogP contribution in [0.4, 0.5) is 17.5 Å². The van der Waals surface area contributed by atoms with E-state index in [4.69, 9.17) is 4.74 Å². The summed E-state index contributed by atoms with van der Waals surface area (Å²) in [6.45, 7) is 2.87. The minimum absolute atomic E-state index is 0.127. The number of anilines is 3. The zero-order chi connectivity index (χ0) is 24.4. The quantitative estimate of drug-likeness (QED) is 0.516. The number of aromatic nitrogens is 2. The summed E-state index contributed by atoms with van der Waals surface area (Å²) in [7, 11) is 0. The van der Waals surface area contributed by atoms with E-state index in [1.54, 1.807) is 24.3 Å². The van der Waals surface area contributed by atoms with Crippen LogP contribution in [0, 0.1) is 0 Å². The molecular formula is C26H27N5O4. The van der Waals surface area contributed by atoms with Crippen LogP contribution in [0.15, 0.2) is 59.4 Å². The highest BCUT2D eigenvalue weighted by molar-refractivity contribution is 6.04. The molecule has 2 aromatic carbocycles. The first-order valence-corrected chi connectivity index (χ1v) is 11.8. The van der Waals surface area contributed by atoms with Crippen molar-refractivity contribution >= 4 is 29.3 Å². The van der Waals surface area contributed by atoms with Crippen molar-refractivity contribution in [2.45, 2.75) is 44.6 Å². The number of carbonyl (C=O) groups excluding carboxylic acids is 2. The van der Waals surface area contributed by atoms with Crippen molar-refractivity contribution in [3.8, 4) is 11.5 Å². The van der Waals surface area contributed by atoms with Crippen LogP contribution in [-0.4, -0.2) is 34.4 Å². The Morgan fingerprint density at radius 1 is 1.06 bits per heavy atom. The maximum absolute atomic E-state index is 13.1. The number of benzene rings is 2. The summed E-state index contributed by atoms with van der Waals surface area (Å²) in [5.74, 6) is 0.184. The molecule has 1 saturated heterocycles. The van der Waals surface area contributed by atoms with Gasteiger partial charge >= 0.3 is 0 Å². The van der Waals surface area contributed by atoms with E-state index in [1.165, 1.54) is 0 Å². The summed E-state index contributed by atoms with van der Waals surface area (Å²) in [4.78, 5) is 48.0. The predicted molar refractivity (Wildman–Crippen MR) is 133 cm³/mol. The third-order valence-corrected chi connectivity index (χ3v) is 6.43. The van der Waals surface area contributed by atoms with E-state index in [0.29, 0.717) is 23.1 Å². The molecule has 9 nitrogen and oxygen atoms in total. The second kappa shape index (κ2) is 9.61. The van der Waals surface area contributed by atoms with Gasteiger partial charge in [-0.15, -0.1) is 0 Å². The first kappa shape index (κ1) is 22.6. The molecule has 180 valence electrons. The average molecular weight is 474 g/mol. The highest BCUT2D eigenvalue weighted by Gasteiger charge is 2.35. The van der Waals surface area contributed by atoms with Gasteiger partial charge in [0.05, 0.1) is 11.5 Å². The number of amides is 2. The van der Waals surface area contributed by atoms with Crippen LogP contribution in [0.1, 0.15) is 44.1 Å². The van der Waals surface area contributed by atoms with Crippen LogP contribution in [0.2, 0.25) is 0 Å². The molecule has 9 heteroatoms. The van der Waals surface area contributed by atoms with E-state index in [1.807, 2.05) is 35.2 Å². The number of para-hydroxylation sites is 1. The summed E-state index contributed by atoms with van der Waals surface area (Å²) >= 11 is 0. The molecule has 2 unspecified atom stereocenters. The van der Waals surface area contributed by atoms with Crippen LogP contribution < -0.4 is 25.8 Å². The van der Waals surface area contributed by atoms with Crippen molar-refractivity contribution < 1.29 is 14.3 Å². The van der Waals surface area contributed by atoms with Crippen molar-refractivity contribution in [2.75, 3.05) is 22.1 Å². The summed E-state index contributed by atoms with van der Waals surface area (Å²) < 4.78 is 5.78. The molecule has 2 amide bonds. The Kier molecular flexibility index (Phi) is 6.22. The number of ether oxygens (including phenoxy) is 1. The summed E-state index contributed by atoms with van der Waals surface area (Å²) in [6, 6.07) is 16.5. The Morgan fingerprint density at radius 2 is 1.80 bits per heavy atom. The lowest BCUT2D eigenvalue weighted by molar-refractivity contribution is -0.123. The van der Waals surface area contributed by atoms with E-state index < -0.39 is 17.4 Å². The number of rotatable bonds is 5. The number of fused-ring (bicyclic) bond motifs is 1. The fraction of sp³-hybridized carbons (Fsp3) is 0.308. The zero-order valence-corrected chi connectivity index (χ0v) is 19.4. The van der Waals surface area contributed by atoms with Crippen molar-refractivity contribution in [3.63, 3.8) is 0 Å². The first-order valence-electron chi connectivity index (χ1n) is 11.8. The van der Waals surface area contributed by atoms with E-state index in [9.17, 15) is 14.4 Å². The lowest BCUT2D eigenvalue weighted by Gasteiger charge is -2.34. The van der Waals surface area contributed by atoms with E-state index in [2.05, 4.69) is 27.5 Å². The van der Waals surface area contributed by atoms with Gasteiger partial charge in [-0.3, -0.25) is 19.4 Å². The Hall–Kier alpha value is -4.14. The monoisotopic (exact) mass is 473 g/mol. The average Bonchev–Trinajstić information content (AvgIpc) is 2.85. The molecule has 2 atom stereocenters. The number of nitrogens with zero attached hydrogens (tertiary/aromatic N) is 2. The SMILES string of the molecule is CC1CCCCN1c1nc2c(c(=O)[nH]1)C(C(=O)Nc1ccc(Oc3ccccc3)cc1)CC(=O)N2. The van der Waals surface area contributed by atoms with Crippen molar-refractivity contribution in [1.82, 2.24) is 9.97 Å². The van der Waals surface area contributed by atoms with E-state index in [-0.39, 0.29) is 29.8 Å². The molecule has 0 radical (unpaired) electrons. The van der Waals surface area contributed by atoms with Gasteiger partial charge in [0.15, 0.2) is 0 Å². The lowest BCUT2D eigenvalue weighted by atomic mass is 9.92. The molecule has 1 fully saturated rings. The summed E-state index contributed by atoms with van der Waals surface area (Å²) in [5.41, 5.74) is 0.306. The second-order valence-electron chi connectivity index (χ2n) is 8.92. The predicted octanol–water partition coefficient (Wildman–Crippen LogP) is 4.01. The van der Waals surface area contributed by atoms with Gasteiger partial charge in [-0.05, 0) is 62.6 Å². The van der Waals surface area contributed by atoms with Crippen LogP contribution >= 0.6 is 0 Å². The normalized spacial score (nSPS) is 19.5. The number of hydrogen-bond donors (Lipinski definition) is 3. The van der Waals surface area contributed by atoms with Gasteiger partial charge in [0.2, 0.25) is 17.8 Å². The number of piperidine rings is 1. The number of aromatic amines is 1.